The molecular weight excluding hydrogens is 184 g/mol. The Labute approximate surface area is 94.2 Å². The fourth-order valence-electron chi connectivity index (χ4n) is 1.89. The normalized spacial score (nSPS) is 17.7. The molecule has 0 radical (unpaired) electrons. The molecule has 0 saturated heterocycles. The van der Waals surface area contributed by atoms with Gasteiger partial charge in [0.1, 0.15) is 0 Å². The molecule has 2 nitrogen and oxygen atoms in total. The number of rotatable bonds is 8. The van der Waals surface area contributed by atoms with Gasteiger partial charge in [0.05, 0.1) is 6.54 Å². The minimum Gasteiger partial charge on any atom is -0.328 e. The molecule has 1 saturated carbocycles. The second-order valence-electron chi connectivity index (χ2n) is 4.72. The number of hydrogen-bond acceptors (Lipinski definition) is 2. The summed E-state index contributed by atoms with van der Waals surface area (Å²) in [6.07, 6.45) is 11.5. The predicted octanol–water partition coefficient (Wildman–Crippen LogP) is 1.85. The first-order valence-electron chi connectivity index (χ1n) is 6.17. The second kappa shape index (κ2) is 6.87. The SMILES string of the molecule is C#CCN(CCC(N)CCC)CC1CC1. The van der Waals surface area contributed by atoms with E-state index in [9.17, 15) is 0 Å². The topological polar surface area (TPSA) is 29.3 Å². The number of terminal acetylenes is 1. The highest BCUT2D eigenvalue weighted by molar-refractivity contribution is 4.90. The van der Waals surface area contributed by atoms with Gasteiger partial charge in [0, 0.05) is 19.1 Å². The van der Waals surface area contributed by atoms with Crippen molar-refractivity contribution >= 4 is 0 Å². The first-order valence-corrected chi connectivity index (χ1v) is 6.17. The van der Waals surface area contributed by atoms with Gasteiger partial charge in [-0.25, -0.2) is 0 Å². The van der Waals surface area contributed by atoms with Crippen LogP contribution in [0.4, 0.5) is 0 Å². The molecular formula is C13H24N2. The van der Waals surface area contributed by atoms with Crippen molar-refractivity contribution < 1.29 is 0 Å². The van der Waals surface area contributed by atoms with Crippen molar-refractivity contribution in [1.82, 2.24) is 4.90 Å². The van der Waals surface area contributed by atoms with E-state index in [1.807, 2.05) is 0 Å². The molecule has 0 aromatic heterocycles. The van der Waals surface area contributed by atoms with Crippen LogP contribution < -0.4 is 5.73 Å². The summed E-state index contributed by atoms with van der Waals surface area (Å²) in [5.41, 5.74) is 6.00. The van der Waals surface area contributed by atoms with Gasteiger partial charge in [-0.3, -0.25) is 4.90 Å². The second-order valence-corrected chi connectivity index (χ2v) is 4.72. The van der Waals surface area contributed by atoms with Gasteiger partial charge >= 0.3 is 0 Å². The van der Waals surface area contributed by atoms with Gasteiger partial charge in [0.15, 0.2) is 0 Å². The quantitative estimate of drug-likeness (QED) is 0.617. The molecule has 1 aliphatic carbocycles. The maximum Gasteiger partial charge on any atom is 0.0599 e. The van der Waals surface area contributed by atoms with Crippen molar-refractivity contribution in [2.45, 2.75) is 45.1 Å². The van der Waals surface area contributed by atoms with Crippen LogP contribution in [-0.4, -0.2) is 30.6 Å². The smallest absolute Gasteiger partial charge is 0.0599 e. The molecule has 1 aliphatic rings. The van der Waals surface area contributed by atoms with E-state index in [1.165, 1.54) is 25.8 Å². The Morgan fingerprint density at radius 3 is 2.73 bits per heavy atom. The largest absolute Gasteiger partial charge is 0.328 e. The Bertz CT molecular complexity index is 203. The van der Waals surface area contributed by atoms with Crippen molar-refractivity contribution in [3.8, 4) is 12.3 Å². The summed E-state index contributed by atoms with van der Waals surface area (Å²) in [5, 5.41) is 0. The zero-order valence-corrected chi connectivity index (χ0v) is 9.91. The molecule has 1 fully saturated rings. The third kappa shape index (κ3) is 5.81. The van der Waals surface area contributed by atoms with Crippen LogP contribution >= 0.6 is 0 Å². The summed E-state index contributed by atoms with van der Waals surface area (Å²) in [4.78, 5) is 2.38. The molecule has 1 atom stereocenters. The van der Waals surface area contributed by atoms with Crippen LogP contribution in [0, 0.1) is 18.3 Å². The third-order valence-electron chi connectivity index (χ3n) is 3.00. The molecule has 15 heavy (non-hydrogen) atoms. The van der Waals surface area contributed by atoms with Gasteiger partial charge in [0.2, 0.25) is 0 Å². The van der Waals surface area contributed by atoms with Crippen LogP contribution in [0.5, 0.6) is 0 Å². The molecule has 0 bridgehead atoms. The molecule has 0 amide bonds. The standard InChI is InChI=1S/C13H24N2/c1-3-5-13(14)8-10-15(9-4-2)11-12-6-7-12/h2,12-13H,3,5-11,14H2,1H3. The average Bonchev–Trinajstić information content (AvgIpc) is 2.99. The van der Waals surface area contributed by atoms with Crippen LogP contribution in [0.3, 0.4) is 0 Å². The third-order valence-corrected chi connectivity index (χ3v) is 3.00. The van der Waals surface area contributed by atoms with E-state index in [-0.39, 0.29) is 0 Å². The summed E-state index contributed by atoms with van der Waals surface area (Å²) in [6, 6.07) is 0.356. The predicted molar refractivity (Wildman–Crippen MR) is 65.5 cm³/mol. The zero-order valence-electron chi connectivity index (χ0n) is 9.91. The maximum atomic E-state index is 6.00. The Morgan fingerprint density at radius 2 is 2.20 bits per heavy atom. The Hall–Kier alpha value is -0.520. The molecule has 1 unspecified atom stereocenters. The number of hydrogen-bond donors (Lipinski definition) is 1. The van der Waals surface area contributed by atoms with Crippen molar-refractivity contribution in [2.24, 2.45) is 11.7 Å². The first-order chi connectivity index (χ1) is 7.26. The van der Waals surface area contributed by atoms with Crippen LogP contribution in [0.15, 0.2) is 0 Å². The lowest BCUT2D eigenvalue weighted by atomic mass is 10.1. The fourth-order valence-corrected chi connectivity index (χ4v) is 1.89. The van der Waals surface area contributed by atoms with Crippen LogP contribution in [0.1, 0.15) is 39.0 Å². The van der Waals surface area contributed by atoms with E-state index < -0.39 is 0 Å². The summed E-state index contributed by atoms with van der Waals surface area (Å²) < 4.78 is 0. The fraction of sp³-hybridized carbons (Fsp3) is 0.846. The van der Waals surface area contributed by atoms with Crippen molar-refractivity contribution in [2.75, 3.05) is 19.6 Å². The lowest BCUT2D eigenvalue weighted by Crippen LogP contribution is -2.32. The van der Waals surface area contributed by atoms with Gasteiger partial charge in [-0.15, -0.1) is 6.42 Å². The lowest BCUT2D eigenvalue weighted by Gasteiger charge is -2.21. The summed E-state index contributed by atoms with van der Waals surface area (Å²) >= 11 is 0. The summed E-state index contributed by atoms with van der Waals surface area (Å²) in [6.45, 7) is 5.23. The van der Waals surface area contributed by atoms with Crippen molar-refractivity contribution in [1.29, 1.82) is 0 Å². The Kier molecular flexibility index (Phi) is 5.75. The van der Waals surface area contributed by atoms with Crippen molar-refractivity contribution in [3.63, 3.8) is 0 Å². The van der Waals surface area contributed by atoms with Gasteiger partial charge < -0.3 is 5.73 Å². The molecule has 0 spiro atoms. The summed E-state index contributed by atoms with van der Waals surface area (Å²) in [5.74, 6) is 3.66. The van der Waals surface area contributed by atoms with Gasteiger partial charge in [-0.2, -0.15) is 0 Å². The van der Waals surface area contributed by atoms with E-state index in [4.69, 9.17) is 12.2 Å². The van der Waals surface area contributed by atoms with E-state index in [0.29, 0.717) is 6.04 Å². The van der Waals surface area contributed by atoms with E-state index >= 15 is 0 Å². The molecule has 0 aliphatic heterocycles. The first kappa shape index (κ1) is 12.5. The highest BCUT2D eigenvalue weighted by Gasteiger charge is 2.23. The maximum absolute atomic E-state index is 6.00. The average molecular weight is 208 g/mol. The van der Waals surface area contributed by atoms with E-state index in [0.717, 1.165) is 31.8 Å². The Morgan fingerprint density at radius 1 is 1.47 bits per heavy atom. The molecule has 86 valence electrons. The van der Waals surface area contributed by atoms with E-state index in [2.05, 4.69) is 17.7 Å². The number of nitrogens with two attached hydrogens (primary N) is 1. The summed E-state index contributed by atoms with van der Waals surface area (Å²) in [7, 11) is 0. The van der Waals surface area contributed by atoms with Gasteiger partial charge in [-0.05, 0) is 31.6 Å². The van der Waals surface area contributed by atoms with Gasteiger partial charge in [-0.1, -0.05) is 19.3 Å². The van der Waals surface area contributed by atoms with Crippen LogP contribution in [0.2, 0.25) is 0 Å². The minimum absolute atomic E-state index is 0.356. The highest BCUT2D eigenvalue weighted by Crippen LogP contribution is 2.29. The monoisotopic (exact) mass is 208 g/mol. The molecule has 0 heterocycles. The Balaban J connectivity index is 2.15. The van der Waals surface area contributed by atoms with E-state index in [1.54, 1.807) is 0 Å². The van der Waals surface area contributed by atoms with Crippen LogP contribution in [-0.2, 0) is 0 Å². The lowest BCUT2D eigenvalue weighted by molar-refractivity contribution is 0.279. The molecule has 1 rings (SSSR count). The zero-order chi connectivity index (χ0) is 11.1. The highest BCUT2D eigenvalue weighted by atomic mass is 15.1. The molecule has 0 aromatic carbocycles. The number of nitrogens with zero attached hydrogens (tertiary/aromatic N) is 1. The molecule has 2 N–H and O–H groups in total. The molecule has 0 aromatic rings. The van der Waals surface area contributed by atoms with Crippen LogP contribution in [0.25, 0.3) is 0 Å². The van der Waals surface area contributed by atoms with Crippen molar-refractivity contribution in [3.05, 3.63) is 0 Å². The minimum atomic E-state index is 0.356. The molecule has 2 heteroatoms. The van der Waals surface area contributed by atoms with Gasteiger partial charge in [0.25, 0.3) is 0 Å².